The molecule has 0 unspecified atom stereocenters. The fourth-order valence-corrected chi connectivity index (χ4v) is 6.41. The van der Waals surface area contributed by atoms with Crippen LogP contribution in [0.3, 0.4) is 0 Å². The van der Waals surface area contributed by atoms with E-state index in [4.69, 9.17) is 23.9 Å². The minimum atomic E-state index is -2.14. The third-order valence-corrected chi connectivity index (χ3v) is 12.7. The second-order valence-electron chi connectivity index (χ2n) is 13.9. The Bertz CT molecular complexity index is 1360. The predicted molar refractivity (Wildman–Crippen MR) is 172 cm³/mol. The molecule has 1 atom stereocenters. The second kappa shape index (κ2) is 11.9. The summed E-state index contributed by atoms with van der Waals surface area (Å²) in [5.74, 6) is 2.31. The highest BCUT2D eigenvalue weighted by atomic mass is 28.4. The second-order valence-corrected chi connectivity index (χ2v) is 18.7. The number of nitrogens with one attached hydrogen (secondary N) is 2. The first-order chi connectivity index (χ1) is 19.5. The molecule has 42 heavy (non-hydrogen) atoms. The highest BCUT2D eigenvalue weighted by Gasteiger charge is 2.41. The minimum absolute atomic E-state index is 0.0287. The quantitative estimate of drug-likeness (QED) is 0.338. The molecule has 4 heterocycles. The SMILES string of the molecule is CNc1cc(C)nc(Nc2nc3c(c(C4=CCN(C(=O)OC(C)(C)C)C[C@H](O[Si](C)(C)C(C)(C)C)C4)c2C)OCC3)c1. The van der Waals surface area contributed by atoms with Gasteiger partial charge in [-0.15, -0.1) is 0 Å². The fraction of sp³-hybridized carbons (Fsp3) is 0.594. The van der Waals surface area contributed by atoms with E-state index in [0.29, 0.717) is 26.1 Å². The van der Waals surface area contributed by atoms with Crippen molar-refractivity contribution in [1.82, 2.24) is 14.9 Å². The summed E-state index contributed by atoms with van der Waals surface area (Å²) in [5, 5.41) is 6.71. The van der Waals surface area contributed by atoms with Gasteiger partial charge >= 0.3 is 6.09 Å². The van der Waals surface area contributed by atoms with E-state index < -0.39 is 13.9 Å². The van der Waals surface area contributed by atoms with Gasteiger partial charge in [0.05, 0.1) is 18.4 Å². The van der Waals surface area contributed by atoms with Gasteiger partial charge in [0.1, 0.15) is 23.0 Å². The van der Waals surface area contributed by atoms with Crippen LogP contribution in [0.2, 0.25) is 18.1 Å². The Morgan fingerprint density at radius 1 is 1.12 bits per heavy atom. The minimum Gasteiger partial charge on any atom is -0.491 e. The molecule has 0 spiro atoms. The van der Waals surface area contributed by atoms with Crippen LogP contribution in [0.4, 0.5) is 22.1 Å². The Labute approximate surface area is 252 Å². The summed E-state index contributed by atoms with van der Waals surface area (Å²) in [6.07, 6.45) is 3.01. The van der Waals surface area contributed by atoms with Crippen molar-refractivity contribution in [2.75, 3.05) is 37.4 Å². The molecular weight excluding hydrogens is 546 g/mol. The van der Waals surface area contributed by atoms with Gasteiger partial charge in [-0.05, 0) is 70.8 Å². The highest BCUT2D eigenvalue weighted by molar-refractivity contribution is 6.74. The number of fused-ring (bicyclic) bond motifs is 1. The van der Waals surface area contributed by atoms with Gasteiger partial charge in [0.15, 0.2) is 8.32 Å². The molecule has 0 fully saturated rings. The van der Waals surface area contributed by atoms with Crippen LogP contribution in [0.15, 0.2) is 18.2 Å². The zero-order chi connectivity index (χ0) is 31.0. The van der Waals surface area contributed by atoms with Crippen LogP contribution < -0.4 is 15.4 Å². The molecule has 1 amide bonds. The Kier molecular flexibility index (Phi) is 9.00. The smallest absolute Gasteiger partial charge is 0.410 e. The predicted octanol–water partition coefficient (Wildman–Crippen LogP) is 7.23. The number of anilines is 3. The summed E-state index contributed by atoms with van der Waals surface area (Å²) < 4.78 is 19.0. The van der Waals surface area contributed by atoms with E-state index in [1.807, 2.05) is 46.9 Å². The lowest BCUT2D eigenvalue weighted by molar-refractivity contribution is 0.0196. The summed E-state index contributed by atoms with van der Waals surface area (Å²) in [5.41, 5.74) is 5.33. The van der Waals surface area contributed by atoms with Crippen molar-refractivity contribution in [3.63, 3.8) is 0 Å². The first-order valence-electron chi connectivity index (χ1n) is 14.9. The summed E-state index contributed by atoms with van der Waals surface area (Å²) in [6.45, 7) is 22.4. The summed E-state index contributed by atoms with van der Waals surface area (Å²) in [4.78, 5) is 24.7. The van der Waals surface area contributed by atoms with Crippen molar-refractivity contribution in [1.29, 1.82) is 0 Å². The van der Waals surface area contributed by atoms with Crippen LogP contribution in [0.25, 0.3) is 5.57 Å². The van der Waals surface area contributed by atoms with Gasteiger partial charge in [-0.1, -0.05) is 26.8 Å². The van der Waals surface area contributed by atoms with Crippen LogP contribution in [0.1, 0.15) is 70.5 Å². The monoisotopic (exact) mass is 595 g/mol. The normalized spacial score (nSPS) is 17.6. The number of amides is 1. The van der Waals surface area contributed by atoms with Crippen molar-refractivity contribution < 1.29 is 18.7 Å². The van der Waals surface area contributed by atoms with E-state index in [0.717, 1.165) is 57.6 Å². The molecule has 0 saturated heterocycles. The van der Waals surface area contributed by atoms with Crippen molar-refractivity contribution in [2.45, 2.75) is 98.1 Å². The van der Waals surface area contributed by atoms with Crippen LogP contribution in [0, 0.1) is 13.8 Å². The van der Waals surface area contributed by atoms with Crippen molar-refractivity contribution in [2.24, 2.45) is 0 Å². The van der Waals surface area contributed by atoms with E-state index in [2.05, 4.69) is 57.5 Å². The molecule has 2 aliphatic heterocycles. The first-order valence-corrected chi connectivity index (χ1v) is 17.8. The summed E-state index contributed by atoms with van der Waals surface area (Å²) >= 11 is 0. The van der Waals surface area contributed by atoms with Gasteiger partial charge in [-0.2, -0.15) is 0 Å². The number of nitrogens with zero attached hydrogens (tertiary/aromatic N) is 3. The van der Waals surface area contributed by atoms with Crippen LogP contribution in [-0.2, 0) is 15.6 Å². The van der Waals surface area contributed by atoms with Crippen molar-refractivity contribution >= 4 is 37.3 Å². The molecule has 2 aromatic rings. The number of rotatable bonds is 6. The molecule has 2 N–H and O–H groups in total. The van der Waals surface area contributed by atoms with Gasteiger partial charge in [-0.3, -0.25) is 0 Å². The molecule has 9 nitrogen and oxygen atoms in total. The Hall–Kier alpha value is -3.11. The fourth-order valence-electron chi connectivity index (χ4n) is 5.07. The molecule has 2 aliphatic rings. The lowest BCUT2D eigenvalue weighted by atomic mass is 9.94. The molecule has 10 heteroatoms. The molecule has 0 radical (unpaired) electrons. The molecule has 230 valence electrons. The molecule has 4 rings (SSSR count). The van der Waals surface area contributed by atoms with E-state index in [1.54, 1.807) is 4.90 Å². The first kappa shape index (κ1) is 31.8. The number of hydrogen-bond acceptors (Lipinski definition) is 8. The number of aromatic nitrogens is 2. The molecular formula is C32H49N5O4Si. The number of pyridine rings is 2. The zero-order valence-electron chi connectivity index (χ0n) is 27.3. The third kappa shape index (κ3) is 7.26. The van der Waals surface area contributed by atoms with Gasteiger partial charge in [0.25, 0.3) is 0 Å². The lowest BCUT2D eigenvalue weighted by Crippen LogP contribution is -2.48. The zero-order valence-corrected chi connectivity index (χ0v) is 28.3. The maximum atomic E-state index is 13.3. The number of carbonyl (C=O) groups is 1. The van der Waals surface area contributed by atoms with Crippen LogP contribution >= 0.6 is 0 Å². The molecule has 0 saturated carbocycles. The molecule has 0 aliphatic carbocycles. The number of aryl methyl sites for hydroxylation is 1. The van der Waals surface area contributed by atoms with Gasteiger partial charge < -0.3 is 29.4 Å². The largest absolute Gasteiger partial charge is 0.491 e. The van der Waals surface area contributed by atoms with E-state index in [1.165, 1.54) is 0 Å². The number of carbonyl (C=O) groups excluding carboxylic acids is 1. The molecule has 0 bridgehead atoms. The summed E-state index contributed by atoms with van der Waals surface area (Å²) in [6, 6.07) is 3.98. The van der Waals surface area contributed by atoms with E-state index >= 15 is 0 Å². The lowest BCUT2D eigenvalue weighted by Gasteiger charge is -2.40. The molecule has 0 aromatic carbocycles. The van der Waals surface area contributed by atoms with Crippen LogP contribution in [-0.4, -0.2) is 67.7 Å². The average Bonchev–Trinajstić information content (AvgIpc) is 3.21. The summed E-state index contributed by atoms with van der Waals surface area (Å²) in [7, 11) is -0.246. The number of hydrogen-bond donors (Lipinski definition) is 2. The van der Waals surface area contributed by atoms with Crippen molar-refractivity contribution in [3.05, 3.63) is 40.7 Å². The van der Waals surface area contributed by atoms with Gasteiger partial charge in [0.2, 0.25) is 0 Å². The van der Waals surface area contributed by atoms with Gasteiger partial charge in [-0.25, -0.2) is 14.8 Å². The Morgan fingerprint density at radius 3 is 2.48 bits per heavy atom. The highest BCUT2D eigenvalue weighted by Crippen LogP contribution is 2.43. The number of ether oxygens (including phenoxy) is 2. The van der Waals surface area contributed by atoms with Crippen LogP contribution in [0.5, 0.6) is 5.75 Å². The van der Waals surface area contributed by atoms with E-state index in [9.17, 15) is 4.79 Å². The van der Waals surface area contributed by atoms with Gasteiger partial charge in [0, 0.05) is 55.1 Å². The average molecular weight is 596 g/mol. The third-order valence-electron chi connectivity index (χ3n) is 8.21. The van der Waals surface area contributed by atoms with Crippen molar-refractivity contribution in [3.8, 4) is 5.75 Å². The van der Waals surface area contributed by atoms with E-state index in [-0.39, 0.29) is 17.2 Å². The standard InChI is InChI=1S/C32H49N5O4Si/c1-20-16-23(33-9)18-26(34-20)36-29-21(2)27(28-25(35-29)13-15-39-28)22-12-14-37(30(38)40-31(3,4)5)19-24(17-22)41-42(10,11)32(6,7)8/h12,16,18,24H,13-15,17,19H2,1-11H3,(H2,33,34,35,36)/t24-/m1/s1. The topological polar surface area (TPSA) is 97.8 Å². The Morgan fingerprint density at radius 2 is 1.83 bits per heavy atom. The Balaban J connectivity index is 1.77. The maximum absolute atomic E-state index is 13.3. The maximum Gasteiger partial charge on any atom is 0.410 e. The molecule has 2 aromatic heterocycles.